The fourth-order valence-corrected chi connectivity index (χ4v) is 6.46. The third kappa shape index (κ3) is 2.12. The van der Waals surface area contributed by atoms with Gasteiger partial charge in [0.25, 0.3) is 0 Å². The van der Waals surface area contributed by atoms with Gasteiger partial charge in [-0.1, -0.05) is 84.0 Å². The third-order valence-corrected chi connectivity index (χ3v) is 7.39. The Morgan fingerprint density at radius 1 is 0.690 bits per heavy atom. The van der Waals surface area contributed by atoms with Gasteiger partial charge in [0.1, 0.15) is 0 Å². The van der Waals surface area contributed by atoms with E-state index in [9.17, 15) is 5.26 Å². The number of benzene rings is 4. The van der Waals surface area contributed by atoms with E-state index in [-0.39, 0.29) is 0 Å². The molecule has 1 aliphatic heterocycles. The number of rotatable bonds is 0. The highest BCUT2D eigenvalue weighted by atomic mass is 35.5. The molecule has 136 valence electrons. The van der Waals surface area contributed by atoms with E-state index in [0.29, 0.717) is 5.56 Å². The minimum absolute atomic E-state index is 0.401. The molecule has 1 aliphatic carbocycles. The van der Waals surface area contributed by atoms with Gasteiger partial charge in [0.15, 0.2) is 0 Å². The van der Waals surface area contributed by atoms with Crippen LogP contribution in [0, 0.1) is 11.3 Å². The van der Waals surface area contributed by atoms with Crippen molar-refractivity contribution in [2.24, 2.45) is 0 Å². The molecule has 3 heteroatoms. The van der Waals surface area contributed by atoms with Gasteiger partial charge in [0, 0.05) is 14.8 Å². The molecule has 29 heavy (non-hydrogen) atoms. The second kappa shape index (κ2) is 6.00. The summed E-state index contributed by atoms with van der Waals surface area (Å²) in [6.45, 7) is 0. The number of halogens is 1. The van der Waals surface area contributed by atoms with Crippen LogP contribution in [0.1, 0.15) is 27.8 Å². The van der Waals surface area contributed by atoms with Crippen molar-refractivity contribution in [1.29, 1.82) is 5.26 Å². The Kier molecular flexibility index (Phi) is 3.50. The number of fused-ring (bicyclic) bond motifs is 9. The summed E-state index contributed by atoms with van der Waals surface area (Å²) in [5.41, 5.74) is 7.87. The molecule has 0 N–H and O–H groups in total. The summed E-state index contributed by atoms with van der Waals surface area (Å²) in [6, 6.07) is 31.9. The predicted octanol–water partition coefficient (Wildman–Crippen LogP) is 7.04. The number of hydrogen-bond acceptors (Lipinski definition) is 2. The van der Waals surface area contributed by atoms with Crippen molar-refractivity contribution in [1.82, 2.24) is 0 Å². The molecular formula is C26H14ClNS. The molecule has 0 fully saturated rings. The normalized spacial score (nSPS) is 14.5. The highest BCUT2D eigenvalue weighted by molar-refractivity contribution is 7.99. The van der Waals surface area contributed by atoms with Gasteiger partial charge in [0.2, 0.25) is 0 Å². The molecule has 0 aromatic heterocycles. The number of hydrogen-bond donors (Lipinski definition) is 0. The van der Waals surface area contributed by atoms with E-state index in [2.05, 4.69) is 72.8 Å². The van der Waals surface area contributed by atoms with E-state index in [1.54, 1.807) is 11.8 Å². The Morgan fingerprint density at radius 3 is 1.93 bits per heavy atom. The second-order valence-electron chi connectivity index (χ2n) is 7.41. The van der Waals surface area contributed by atoms with Crippen molar-refractivity contribution >= 4 is 23.4 Å². The Balaban J connectivity index is 1.83. The minimum Gasteiger partial charge on any atom is -0.192 e. The van der Waals surface area contributed by atoms with Crippen molar-refractivity contribution in [3.63, 3.8) is 0 Å². The van der Waals surface area contributed by atoms with Crippen LogP contribution in [-0.2, 0) is 5.41 Å². The number of nitrogens with zero attached hydrogens (tertiary/aromatic N) is 1. The second-order valence-corrected chi connectivity index (χ2v) is 8.93. The topological polar surface area (TPSA) is 23.8 Å². The van der Waals surface area contributed by atoms with Crippen LogP contribution in [0.3, 0.4) is 0 Å². The predicted molar refractivity (Wildman–Crippen MR) is 118 cm³/mol. The van der Waals surface area contributed by atoms with Crippen LogP contribution in [0.2, 0.25) is 5.02 Å². The first kappa shape index (κ1) is 16.9. The summed E-state index contributed by atoms with van der Waals surface area (Å²) in [4.78, 5) is 2.26. The molecule has 2 aliphatic rings. The van der Waals surface area contributed by atoms with Crippen molar-refractivity contribution in [3.8, 4) is 17.2 Å². The average Bonchev–Trinajstić information content (AvgIpc) is 3.05. The van der Waals surface area contributed by atoms with Gasteiger partial charge in [-0.15, -0.1) is 0 Å². The van der Waals surface area contributed by atoms with Crippen molar-refractivity contribution in [2.75, 3.05) is 0 Å². The first-order chi connectivity index (χ1) is 14.2. The first-order valence-electron chi connectivity index (χ1n) is 9.45. The molecule has 0 radical (unpaired) electrons. The molecule has 1 nitrogen and oxygen atoms in total. The molecule has 0 bridgehead atoms. The Bertz CT molecular complexity index is 1320. The fourth-order valence-electron chi connectivity index (χ4n) is 4.96. The van der Waals surface area contributed by atoms with Gasteiger partial charge in [-0.05, 0) is 57.6 Å². The Morgan fingerprint density at radius 2 is 1.28 bits per heavy atom. The van der Waals surface area contributed by atoms with Gasteiger partial charge in [0.05, 0.1) is 17.0 Å². The summed E-state index contributed by atoms with van der Waals surface area (Å²) >= 11 is 8.09. The molecule has 4 aromatic carbocycles. The van der Waals surface area contributed by atoms with Crippen molar-refractivity contribution in [3.05, 3.63) is 118 Å². The number of nitriles is 1. The largest absolute Gasteiger partial charge is 0.192 e. The zero-order valence-electron chi connectivity index (χ0n) is 15.3. The summed E-state index contributed by atoms with van der Waals surface area (Å²) in [7, 11) is 0. The highest BCUT2D eigenvalue weighted by Crippen LogP contribution is 2.62. The van der Waals surface area contributed by atoms with Crippen LogP contribution in [-0.4, -0.2) is 0 Å². The highest BCUT2D eigenvalue weighted by Gasteiger charge is 2.50. The summed E-state index contributed by atoms with van der Waals surface area (Å²) in [5, 5.41) is 10.2. The standard InChI is InChI=1S/C26H14ClNS/c27-17-10-12-23-25(14-17)29-24-13-16(15-28)9-11-22(24)26(23)20-7-3-1-5-18(20)19-6-2-4-8-21(19)26/h1-14H. The van der Waals surface area contributed by atoms with E-state index >= 15 is 0 Å². The molecule has 4 aromatic rings. The molecule has 0 saturated heterocycles. The smallest absolute Gasteiger partial charge is 0.0992 e. The molecule has 0 unspecified atom stereocenters. The molecule has 1 heterocycles. The summed E-state index contributed by atoms with van der Waals surface area (Å²) in [6.07, 6.45) is 0. The van der Waals surface area contributed by atoms with Gasteiger partial charge >= 0.3 is 0 Å². The van der Waals surface area contributed by atoms with Gasteiger partial charge in [-0.25, -0.2) is 0 Å². The lowest BCUT2D eigenvalue weighted by atomic mass is 9.67. The lowest BCUT2D eigenvalue weighted by molar-refractivity contribution is 0.722. The van der Waals surface area contributed by atoms with Crippen LogP contribution in [0.25, 0.3) is 11.1 Å². The molecule has 0 amide bonds. The SMILES string of the molecule is N#Cc1ccc2c(c1)Sc1cc(Cl)ccc1C21c2ccccc2-c2ccccc21. The maximum atomic E-state index is 9.47. The van der Waals surface area contributed by atoms with E-state index in [0.717, 1.165) is 14.8 Å². The summed E-state index contributed by atoms with van der Waals surface area (Å²) < 4.78 is 0. The molecule has 0 atom stereocenters. The Labute approximate surface area is 178 Å². The van der Waals surface area contributed by atoms with E-state index in [1.165, 1.54) is 33.4 Å². The molecular weight excluding hydrogens is 394 g/mol. The summed E-state index contributed by atoms with van der Waals surface area (Å²) in [5.74, 6) is 0. The van der Waals surface area contributed by atoms with Crippen molar-refractivity contribution < 1.29 is 0 Å². The first-order valence-corrected chi connectivity index (χ1v) is 10.6. The van der Waals surface area contributed by atoms with Gasteiger partial charge in [-0.3, -0.25) is 0 Å². The molecule has 6 rings (SSSR count). The van der Waals surface area contributed by atoms with Crippen LogP contribution in [0.5, 0.6) is 0 Å². The molecule has 1 spiro atoms. The van der Waals surface area contributed by atoms with Crippen LogP contribution >= 0.6 is 23.4 Å². The monoisotopic (exact) mass is 407 g/mol. The maximum absolute atomic E-state index is 9.47. The minimum atomic E-state index is -0.401. The fraction of sp³-hybridized carbons (Fsp3) is 0.0385. The van der Waals surface area contributed by atoms with Crippen LogP contribution in [0.15, 0.2) is 94.7 Å². The van der Waals surface area contributed by atoms with Crippen LogP contribution < -0.4 is 0 Å². The van der Waals surface area contributed by atoms with E-state index in [4.69, 9.17) is 11.6 Å². The average molecular weight is 408 g/mol. The van der Waals surface area contributed by atoms with E-state index in [1.807, 2.05) is 18.2 Å². The van der Waals surface area contributed by atoms with Gasteiger partial charge < -0.3 is 0 Å². The molecule has 0 saturated carbocycles. The zero-order chi connectivity index (χ0) is 19.6. The zero-order valence-corrected chi connectivity index (χ0v) is 16.9. The quantitative estimate of drug-likeness (QED) is 0.269. The Hall–Kier alpha value is -2.99. The third-order valence-electron chi connectivity index (χ3n) is 6.03. The lowest BCUT2D eigenvalue weighted by Gasteiger charge is -2.39. The van der Waals surface area contributed by atoms with E-state index < -0.39 is 5.41 Å². The van der Waals surface area contributed by atoms with Gasteiger partial charge in [-0.2, -0.15) is 5.26 Å². The lowest BCUT2D eigenvalue weighted by Crippen LogP contribution is -2.32. The van der Waals surface area contributed by atoms with Crippen LogP contribution in [0.4, 0.5) is 0 Å². The maximum Gasteiger partial charge on any atom is 0.0992 e. The van der Waals surface area contributed by atoms with Crippen molar-refractivity contribution in [2.45, 2.75) is 15.2 Å².